The lowest BCUT2D eigenvalue weighted by molar-refractivity contribution is -0.329. The van der Waals surface area contributed by atoms with Crippen LogP contribution in [-0.4, -0.2) is 86.1 Å². The number of hydrogen-bond acceptors (Lipinski definition) is 9. The third-order valence-corrected chi connectivity index (χ3v) is 15.3. The Hall–Kier alpha value is -1.33. The van der Waals surface area contributed by atoms with Crippen LogP contribution < -0.4 is 0 Å². The van der Waals surface area contributed by atoms with E-state index < -0.39 is 53.9 Å². The van der Waals surface area contributed by atoms with Gasteiger partial charge in [0, 0.05) is 0 Å². The van der Waals surface area contributed by atoms with E-state index in [0.29, 0.717) is 18.8 Å². The molecule has 5 aliphatic carbocycles. The Morgan fingerprint density at radius 3 is 2.24 bits per heavy atom. The molecule has 14 atom stereocenters. The molecule has 9 heteroatoms. The molecule has 3 saturated carbocycles. The summed E-state index contributed by atoms with van der Waals surface area (Å²) < 4.78 is 18.2. The quantitative estimate of drug-likeness (QED) is 0.234. The summed E-state index contributed by atoms with van der Waals surface area (Å²) in [7, 11) is 0. The van der Waals surface area contributed by atoms with Crippen LogP contribution >= 0.6 is 0 Å². The minimum Gasteiger partial charge on any atom is -0.455 e. The summed E-state index contributed by atoms with van der Waals surface area (Å²) in [6.07, 6.45) is 4.54. The van der Waals surface area contributed by atoms with E-state index in [0.717, 1.165) is 49.7 Å². The molecule has 1 spiro atoms. The molecular formula is C36H54O9. The predicted molar refractivity (Wildman–Crippen MR) is 164 cm³/mol. The van der Waals surface area contributed by atoms with Crippen LogP contribution in [0.4, 0.5) is 0 Å². The molecule has 252 valence electrons. The molecule has 3 saturated heterocycles. The van der Waals surface area contributed by atoms with Gasteiger partial charge in [-0.15, -0.1) is 0 Å². The van der Waals surface area contributed by atoms with Crippen LogP contribution in [0.5, 0.6) is 0 Å². The van der Waals surface area contributed by atoms with E-state index in [1.807, 2.05) is 13.8 Å². The molecule has 8 rings (SSSR count). The Bertz CT molecular complexity index is 1340. The van der Waals surface area contributed by atoms with Gasteiger partial charge in [0.2, 0.25) is 0 Å². The zero-order valence-electron chi connectivity index (χ0n) is 28.0. The number of hydrogen-bond donors (Lipinski definition) is 5. The topological polar surface area (TPSA) is 146 Å². The van der Waals surface area contributed by atoms with Gasteiger partial charge in [0.15, 0.2) is 6.29 Å². The highest BCUT2D eigenvalue weighted by Gasteiger charge is 2.73. The Labute approximate surface area is 267 Å². The number of aliphatic hydroxyl groups excluding tert-OH is 4. The van der Waals surface area contributed by atoms with E-state index >= 15 is 0 Å². The molecule has 0 amide bonds. The molecule has 2 bridgehead atoms. The van der Waals surface area contributed by atoms with Gasteiger partial charge in [-0.1, -0.05) is 46.8 Å². The van der Waals surface area contributed by atoms with Crippen molar-refractivity contribution in [3.05, 3.63) is 23.3 Å². The second-order valence-corrected chi connectivity index (χ2v) is 17.4. The van der Waals surface area contributed by atoms with Crippen molar-refractivity contribution in [2.75, 3.05) is 6.61 Å². The zero-order valence-corrected chi connectivity index (χ0v) is 28.0. The second-order valence-electron chi connectivity index (χ2n) is 17.4. The summed E-state index contributed by atoms with van der Waals surface area (Å²) in [5, 5.41) is 53.2. The van der Waals surface area contributed by atoms with E-state index in [4.69, 9.17) is 14.2 Å². The average molecular weight is 631 g/mol. The first-order valence-electron chi connectivity index (χ1n) is 17.2. The summed E-state index contributed by atoms with van der Waals surface area (Å²) in [4.78, 5) is 13.6. The zero-order chi connectivity index (χ0) is 32.8. The van der Waals surface area contributed by atoms with Crippen LogP contribution in [0.2, 0.25) is 0 Å². The molecular weight excluding hydrogens is 576 g/mol. The third kappa shape index (κ3) is 3.78. The third-order valence-electron chi connectivity index (χ3n) is 15.3. The summed E-state index contributed by atoms with van der Waals surface area (Å²) in [5.41, 5.74) is -1.47. The molecule has 3 aliphatic heterocycles. The van der Waals surface area contributed by atoms with Gasteiger partial charge in [0.05, 0.1) is 18.1 Å². The predicted octanol–water partition coefficient (Wildman–Crippen LogP) is 3.54. The number of aliphatic hydroxyl groups is 5. The first-order valence-corrected chi connectivity index (χ1v) is 17.2. The number of allylic oxidation sites excluding steroid dienone is 3. The summed E-state index contributed by atoms with van der Waals surface area (Å²) in [5.74, 6) is 0.405. The van der Waals surface area contributed by atoms with Gasteiger partial charge in [-0.05, 0) is 110 Å². The van der Waals surface area contributed by atoms with Crippen LogP contribution in [0.25, 0.3) is 0 Å². The Morgan fingerprint density at radius 2 is 1.58 bits per heavy atom. The lowest BCUT2D eigenvalue weighted by Crippen LogP contribution is -2.71. The molecule has 0 aromatic heterocycles. The summed E-state index contributed by atoms with van der Waals surface area (Å²) in [6, 6.07) is 0. The van der Waals surface area contributed by atoms with Gasteiger partial charge in [0.1, 0.15) is 35.6 Å². The van der Waals surface area contributed by atoms with Gasteiger partial charge < -0.3 is 39.7 Å². The number of fused-ring (bicyclic) bond motifs is 7. The lowest BCUT2D eigenvalue weighted by atomic mass is 9.35. The van der Waals surface area contributed by atoms with Crippen LogP contribution in [0, 0.1) is 38.9 Å². The van der Waals surface area contributed by atoms with E-state index in [1.165, 1.54) is 0 Å². The highest BCUT2D eigenvalue weighted by Crippen LogP contribution is 2.75. The van der Waals surface area contributed by atoms with Gasteiger partial charge in [-0.3, -0.25) is 4.79 Å². The van der Waals surface area contributed by atoms with Crippen LogP contribution in [0.1, 0.15) is 99.8 Å². The Morgan fingerprint density at radius 1 is 0.889 bits per heavy atom. The second kappa shape index (κ2) is 9.64. The van der Waals surface area contributed by atoms with Crippen molar-refractivity contribution < 1.29 is 44.5 Å². The average Bonchev–Trinajstić information content (AvgIpc) is 2.96. The van der Waals surface area contributed by atoms with Gasteiger partial charge in [-0.2, -0.15) is 0 Å². The summed E-state index contributed by atoms with van der Waals surface area (Å²) in [6.45, 7) is 15.0. The van der Waals surface area contributed by atoms with Crippen molar-refractivity contribution in [3.8, 4) is 0 Å². The first-order chi connectivity index (χ1) is 20.8. The molecule has 6 fully saturated rings. The maximum Gasteiger partial charge on any atom is 0.317 e. The van der Waals surface area contributed by atoms with Gasteiger partial charge in [0.25, 0.3) is 0 Å². The van der Waals surface area contributed by atoms with Gasteiger partial charge in [-0.25, -0.2) is 0 Å². The molecule has 3 heterocycles. The van der Waals surface area contributed by atoms with Crippen molar-refractivity contribution >= 4 is 5.97 Å². The van der Waals surface area contributed by atoms with Crippen molar-refractivity contribution in [3.63, 3.8) is 0 Å². The highest BCUT2D eigenvalue weighted by atomic mass is 16.7. The fourth-order valence-electron chi connectivity index (χ4n) is 12.1. The van der Waals surface area contributed by atoms with Crippen LogP contribution in [0.3, 0.4) is 0 Å². The monoisotopic (exact) mass is 630 g/mol. The molecule has 5 N–H and O–H groups in total. The lowest BCUT2D eigenvalue weighted by Gasteiger charge is -2.71. The molecule has 9 nitrogen and oxygen atoms in total. The van der Waals surface area contributed by atoms with Crippen molar-refractivity contribution in [2.24, 2.45) is 38.9 Å². The molecule has 45 heavy (non-hydrogen) atoms. The Balaban J connectivity index is 1.23. The molecule has 0 aromatic rings. The summed E-state index contributed by atoms with van der Waals surface area (Å²) >= 11 is 0. The van der Waals surface area contributed by atoms with Crippen molar-refractivity contribution in [1.82, 2.24) is 0 Å². The van der Waals surface area contributed by atoms with Crippen molar-refractivity contribution in [1.29, 1.82) is 0 Å². The number of rotatable bonds is 3. The minimum atomic E-state index is -1.47. The SMILES string of the molecule is CC1(C)[C@@H](O[C@@H]2O[C@H](CO)[C@@H](O)[C@H](O)[C@H]2O)CC[C@]2(C)[C@H]3C=CC4=C5C6(CC[C@](C)(OC6=O)[C@@]5(C)O)CC[C@@]4(C)[C@]3(C)CC[C@@H]12. The van der Waals surface area contributed by atoms with Crippen LogP contribution in [-0.2, 0) is 19.0 Å². The van der Waals surface area contributed by atoms with E-state index in [1.54, 1.807) is 0 Å². The molecule has 1 unspecified atom stereocenters. The minimum absolute atomic E-state index is 0.0461. The maximum atomic E-state index is 13.6. The van der Waals surface area contributed by atoms with E-state index in [9.17, 15) is 30.3 Å². The van der Waals surface area contributed by atoms with Crippen molar-refractivity contribution in [2.45, 2.75) is 148 Å². The van der Waals surface area contributed by atoms with E-state index in [2.05, 4.69) is 46.8 Å². The molecule has 8 aliphatic rings. The standard InChI is InChI=1S/C36H54O9/c1-30(2)21-10-13-33(5)22(31(21,3)12-11-23(30)44-28-26(40)25(39)24(38)20(18-37)43-28)9-8-19-27-35(7,42)34(6)15-17-36(27,29(41)45-34)16-14-32(19,33)4/h8-9,20-26,28,37-40,42H,10-18H2,1-7H3/t20-,21+,22-,23+,24-,25+,26-,28+,31+,32-,33-,34+,35+,36?/m1/s1. The molecule has 0 radical (unpaired) electrons. The fourth-order valence-corrected chi connectivity index (χ4v) is 12.1. The Kier molecular flexibility index (Phi) is 6.90. The number of esters is 1. The number of carbonyl (C=O) groups excluding carboxylic acids is 1. The number of carbonyl (C=O) groups is 1. The smallest absolute Gasteiger partial charge is 0.317 e. The van der Waals surface area contributed by atoms with Gasteiger partial charge >= 0.3 is 5.97 Å². The largest absolute Gasteiger partial charge is 0.455 e. The molecule has 0 aromatic carbocycles. The number of ether oxygens (including phenoxy) is 3. The fraction of sp³-hybridized carbons (Fsp3) is 0.861. The first kappa shape index (κ1) is 32.2. The van der Waals surface area contributed by atoms with Crippen LogP contribution in [0.15, 0.2) is 23.3 Å². The highest BCUT2D eigenvalue weighted by molar-refractivity contribution is 5.86. The van der Waals surface area contributed by atoms with E-state index in [-0.39, 0.29) is 39.7 Å². The normalized spacial score (nSPS) is 56.6. The maximum absolute atomic E-state index is 13.6.